The fourth-order valence-corrected chi connectivity index (χ4v) is 1.63. The van der Waals surface area contributed by atoms with E-state index in [4.69, 9.17) is 11.6 Å². The molecule has 0 atom stereocenters. The molecule has 2 aromatic rings. The maximum Gasteiger partial charge on any atom is 0.116 e. The Morgan fingerprint density at radius 3 is 2.12 bits per heavy atom. The Kier molecular flexibility index (Phi) is 3.28. The molecule has 0 saturated carbocycles. The van der Waals surface area contributed by atoms with E-state index in [-0.39, 0.29) is 5.75 Å². The molecule has 0 fully saturated rings. The molecule has 80 valence electrons. The molecule has 0 radical (unpaired) electrons. The molecule has 0 saturated heterocycles. The molecule has 1 N–H and O–H groups in total. The van der Waals surface area contributed by atoms with E-state index in [0.29, 0.717) is 0 Å². The van der Waals surface area contributed by atoms with Gasteiger partial charge in [-0.2, -0.15) is 0 Å². The molecule has 2 rings (SSSR count). The van der Waals surface area contributed by atoms with E-state index < -0.39 is 0 Å². The Morgan fingerprint density at radius 1 is 0.875 bits per heavy atom. The highest BCUT2D eigenvalue weighted by molar-refractivity contribution is 6.30. The largest absolute Gasteiger partial charge is 0.508 e. The van der Waals surface area contributed by atoms with Gasteiger partial charge in [0.15, 0.2) is 0 Å². The molecule has 1 nitrogen and oxygen atoms in total. The second-order valence-corrected chi connectivity index (χ2v) is 3.92. The van der Waals surface area contributed by atoms with Crippen LogP contribution in [0.3, 0.4) is 0 Å². The Labute approximate surface area is 99.6 Å². The van der Waals surface area contributed by atoms with Crippen LogP contribution in [0.4, 0.5) is 0 Å². The molecule has 0 aliphatic rings. The van der Waals surface area contributed by atoms with Crippen molar-refractivity contribution >= 4 is 23.8 Å². The third kappa shape index (κ3) is 2.88. The molecule has 0 aliphatic heterocycles. The van der Waals surface area contributed by atoms with Crippen molar-refractivity contribution in [2.24, 2.45) is 0 Å². The second-order valence-electron chi connectivity index (χ2n) is 3.48. The van der Waals surface area contributed by atoms with Crippen molar-refractivity contribution in [3.05, 3.63) is 64.7 Å². The zero-order chi connectivity index (χ0) is 11.4. The molecule has 0 aromatic heterocycles. The van der Waals surface area contributed by atoms with E-state index in [2.05, 4.69) is 0 Å². The Bertz CT molecular complexity index is 470. The van der Waals surface area contributed by atoms with Crippen LogP contribution in [-0.2, 0) is 0 Å². The number of halogens is 1. The molecule has 0 bridgehead atoms. The van der Waals surface area contributed by atoms with Crippen LogP contribution < -0.4 is 0 Å². The summed E-state index contributed by atoms with van der Waals surface area (Å²) in [4.78, 5) is 0. The number of benzene rings is 2. The smallest absolute Gasteiger partial charge is 0.116 e. The van der Waals surface area contributed by atoms with E-state index in [1.807, 2.05) is 48.6 Å². The molecule has 0 aliphatic carbocycles. The highest BCUT2D eigenvalue weighted by Gasteiger charge is 1.91. The third-order valence-corrected chi connectivity index (χ3v) is 2.42. The zero-order valence-electron chi connectivity index (χ0n) is 8.60. The normalized spacial score (nSPS) is 10.8. The number of rotatable bonds is 2. The van der Waals surface area contributed by atoms with Crippen LogP contribution in [0, 0.1) is 0 Å². The van der Waals surface area contributed by atoms with Crippen molar-refractivity contribution in [3.8, 4) is 5.75 Å². The van der Waals surface area contributed by atoms with Gasteiger partial charge in [0.05, 0.1) is 0 Å². The molecule has 0 unspecified atom stereocenters. The quantitative estimate of drug-likeness (QED) is 0.766. The van der Waals surface area contributed by atoms with Crippen molar-refractivity contribution in [2.45, 2.75) is 0 Å². The van der Waals surface area contributed by atoms with Crippen molar-refractivity contribution in [3.63, 3.8) is 0 Å². The van der Waals surface area contributed by atoms with Gasteiger partial charge >= 0.3 is 0 Å². The van der Waals surface area contributed by atoms with Gasteiger partial charge in [-0.3, -0.25) is 0 Å². The number of hydrogen-bond acceptors (Lipinski definition) is 1. The van der Waals surface area contributed by atoms with Gasteiger partial charge in [-0.15, -0.1) is 0 Å². The maximum absolute atomic E-state index is 9.30. The summed E-state index contributed by atoms with van der Waals surface area (Å²) in [5.74, 6) is 0.272. The van der Waals surface area contributed by atoms with Crippen molar-refractivity contribution in [1.29, 1.82) is 0 Å². The first kappa shape index (κ1) is 10.8. The van der Waals surface area contributed by atoms with Gasteiger partial charge in [-0.05, 0) is 35.4 Å². The Morgan fingerprint density at radius 2 is 1.50 bits per heavy atom. The van der Waals surface area contributed by atoms with Crippen LogP contribution in [0.25, 0.3) is 12.2 Å². The van der Waals surface area contributed by atoms with Gasteiger partial charge in [0, 0.05) is 5.02 Å². The number of hydrogen-bond donors (Lipinski definition) is 1. The maximum atomic E-state index is 9.30. The monoisotopic (exact) mass is 230 g/mol. The van der Waals surface area contributed by atoms with Crippen LogP contribution in [0.15, 0.2) is 48.5 Å². The summed E-state index contributed by atoms with van der Waals surface area (Å²) in [7, 11) is 0. The molecular weight excluding hydrogens is 220 g/mol. The first-order chi connectivity index (χ1) is 7.74. The molecule has 0 spiro atoms. The number of phenols is 1. The summed E-state index contributed by atoms with van der Waals surface area (Å²) in [5.41, 5.74) is 2.00. The molecule has 16 heavy (non-hydrogen) atoms. The van der Waals surface area contributed by atoms with Gasteiger partial charge in [-0.1, -0.05) is 48.0 Å². The molecule has 2 aromatic carbocycles. The Balaban J connectivity index is 2.21. The van der Waals surface area contributed by atoms with Crippen LogP contribution >= 0.6 is 11.6 Å². The van der Waals surface area contributed by atoms with Crippen LogP contribution in [0.2, 0.25) is 5.02 Å². The van der Waals surface area contributed by atoms with Crippen LogP contribution in [0.1, 0.15) is 11.1 Å². The predicted octanol–water partition coefficient (Wildman–Crippen LogP) is 4.22. The second kappa shape index (κ2) is 4.86. The first-order valence-corrected chi connectivity index (χ1v) is 5.34. The third-order valence-electron chi connectivity index (χ3n) is 2.19. The van der Waals surface area contributed by atoms with Crippen molar-refractivity contribution in [2.75, 3.05) is 0 Å². The first-order valence-electron chi connectivity index (χ1n) is 4.97. The lowest BCUT2D eigenvalue weighted by atomic mass is 10.1. The van der Waals surface area contributed by atoms with Gasteiger partial charge in [0.1, 0.15) is 5.75 Å². The van der Waals surface area contributed by atoms with E-state index in [0.717, 1.165) is 16.1 Å². The minimum Gasteiger partial charge on any atom is -0.508 e. The van der Waals surface area contributed by atoms with Gasteiger partial charge in [0.25, 0.3) is 0 Å². The minimum absolute atomic E-state index is 0.272. The summed E-state index contributed by atoms with van der Waals surface area (Å²) in [6, 6.07) is 14.7. The SMILES string of the molecule is Oc1cccc(/C=C\c2cccc(Cl)c2)c1. The number of phenolic OH excluding ortho intramolecular Hbond substituents is 1. The van der Waals surface area contributed by atoms with Crippen molar-refractivity contribution < 1.29 is 5.11 Å². The predicted molar refractivity (Wildman–Crippen MR) is 68.5 cm³/mol. The fourth-order valence-electron chi connectivity index (χ4n) is 1.43. The topological polar surface area (TPSA) is 20.2 Å². The van der Waals surface area contributed by atoms with Gasteiger partial charge < -0.3 is 5.11 Å². The van der Waals surface area contributed by atoms with Gasteiger partial charge in [0.2, 0.25) is 0 Å². The number of aromatic hydroxyl groups is 1. The molecule has 0 amide bonds. The lowest BCUT2D eigenvalue weighted by molar-refractivity contribution is 0.475. The van der Waals surface area contributed by atoms with Crippen molar-refractivity contribution in [1.82, 2.24) is 0 Å². The highest BCUT2D eigenvalue weighted by atomic mass is 35.5. The standard InChI is InChI=1S/C14H11ClO/c15-13-5-1-3-11(9-13)7-8-12-4-2-6-14(16)10-12/h1-10,16H/b8-7-. The van der Waals surface area contributed by atoms with Gasteiger partial charge in [-0.25, -0.2) is 0 Å². The Hall–Kier alpha value is -1.73. The lowest BCUT2D eigenvalue weighted by Crippen LogP contribution is -1.73. The van der Waals surface area contributed by atoms with E-state index in [1.54, 1.807) is 12.1 Å². The van der Waals surface area contributed by atoms with E-state index >= 15 is 0 Å². The fraction of sp³-hybridized carbons (Fsp3) is 0. The van der Waals surface area contributed by atoms with E-state index in [1.165, 1.54) is 0 Å². The summed E-state index contributed by atoms with van der Waals surface area (Å²) >= 11 is 5.88. The molecular formula is C14H11ClO. The summed E-state index contributed by atoms with van der Waals surface area (Å²) in [6.45, 7) is 0. The highest BCUT2D eigenvalue weighted by Crippen LogP contribution is 2.16. The lowest BCUT2D eigenvalue weighted by Gasteiger charge is -1.96. The summed E-state index contributed by atoms with van der Waals surface area (Å²) in [5, 5.41) is 10.0. The minimum atomic E-state index is 0.272. The summed E-state index contributed by atoms with van der Waals surface area (Å²) < 4.78 is 0. The average Bonchev–Trinajstić information content (AvgIpc) is 2.27. The van der Waals surface area contributed by atoms with E-state index in [9.17, 15) is 5.11 Å². The summed E-state index contributed by atoms with van der Waals surface area (Å²) in [6.07, 6.45) is 3.89. The van der Waals surface area contributed by atoms with Crippen LogP contribution in [-0.4, -0.2) is 5.11 Å². The molecule has 2 heteroatoms. The zero-order valence-corrected chi connectivity index (χ0v) is 9.35. The van der Waals surface area contributed by atoms with Crippen LogP contribution in [0.5, 0.6) is 5.75 Å². The molecule has 0 heterocycles. The average molecular weight is 231 g/mol.